The molecular weight excluding hydrogens is 567 g/mol. The molecule has 0 radical (unpaired) electrons. The minimum absolute atomic E-state index is 0.0453. The second-order valence-electron chi connectivity index (χ2n) is 10.4. The Balaban J connectivity index is 1.32. The maximum atomic E-state index is 14.3. The van der Waals surface area contributed by atoms with Crippen LogP contribution in [0.5, 0.6) is 0 Å². The summed E-state index contributed by atoms with van der Waals surface area (Å²) in [5, 5.41) is 16.8. The molecule has 0 spiro atoms. The van der Waals surface area contributed by atoms with Crippen LogP contribution >= 0.6 is 23.2 Å². The van der Waals surface area contributed by atoms with Gasteiger partial charge in [0.25, 0.3) is 11.5 Å². The molecule has 0 saturated carbocycles. The molecule has 3 aromatic carbocycles. The van der Waals surface area contributed by atoms with Crippen LogP contribution in [0, 0.1) is 6.92 Å². The summed E-state index contributed by atoms with van der Waals surface area (Å²) in [5.41, 5.74) is 0.116. The largest absolute Gasteiger partial charge is 0.492 e. The Morgan fingerprint density at radius 2 is 1.80 bits per heavy atom. The Hall–Kier alpha value is -3.05. The number of benzene rings is 3. The standard InChI is InChI=1S/C28H24BCl2F3N2O4/c1-15-8-17(24-13-27(40-36-24,28(32,33)34)18-10-19(30)12-20(31)11-18)5-6-21(15)25(37)35-14-16-4-7-23-22(9-16)26(2,3)39-29(23)38/h4-12,38H,13-14H2,1-3H3,(H,35,37). The second kappa shape index (κ2) is 10.1. The van der Waals surface area contributed by atoms with E-state index >= 15 is 0 Å². The van der Waals surface area contributed by atoms with E-state index in [1.165, 1.54) is 12.1 Å². The molecule has 3 aromatic rings. The van der Waals surface area contributed by atoms with Crippen LogP contribution < -0.4 is 10.8 Å². The zero-order chi connectivity index (χ0) is 29.0. The minimum atomic E-state index is -4.81. The number of hydrogen-bond donors (Lipinski definition) is 2. The lowest BCUT2D eigenvalue weighted by molar-refractivity contribution is -0.275. The van der Waals surface area contributed by atoms with Gasteiger partial charge in [0.1, 0.15) is 0 Å². The van der Waals surface area contributed by atoms with Crippen LogP contribution in [0.2, 0.25) is 10.0 Å². The Kier molecular flexibility index (Phi) is 7.19. The lowest BCUT2D eigenvalue weighted by Gasteiger charge is -2.29. The molecule has 2 heterocycles. The van der Waals surface area contributed by atoms with Crippen molar-refractivity contribution >= 4 is 47.4 Å². The average Bonchev–Trinajstić information content (AvgIpc) is 3.42. The predicted molar refractivity (Wildman–Crippen MR) is 147 cm³/mol. The first kappa shape index (κ1) is 28.5. The zero-order valence-corrected chi connectivity index (χ0v) is 23.2. The first-order valence-corrected chi connectivity index (χ1v) is 13.1. The van der Waals surface area contributed by atoms with E-state index in [0.717, 1.165) is 23.3 Å². The number of nitrogens with zero attached hydrogens (tertiary/aromatic N) is 1. The highest BCUT2D eigenvalue weighted by molar-refractivity contribution is 6.61. The highest BCUT2D eigenvalue weighted by Crippen LogP contribution is 2.49. The summed E-state index contributed by atoms with van der Waals surface area (Å²) in [6.07, 6.45) is -5.40. The number of halogens is 5. The lowest BCUT2D eigenvalue weighted by atomic mass is 9.78. The number of alkyl halides is 3. The van der Waals surface area contributed by atoms with Gasteiger partial charge in [-0.05, 0) is 78.8 Å². The normalized spacial score (nSPS) is 19.7. The van der Waals surface area contributed by atoms with Crippen molar-refractivity contribution in [2.75, 3.05) is 0 Å². The van der Waals surface area contributed by atoms with E-state index in [-0.39, 0.29) is 33.8 Å². The summed E-state index contributed by atoms with van der Waals surface area (Å²) < 4.78 is 48.5. The SMILES string of the molecule is Cc1cc(C2=NOC(c3cc(Cl)cc(Cl)c3)(C(F)(F)F)C2)ccc1C(=O)NCc1ccc2c(c1)C(C)(C)OB2O. The minimum Gasteiger partial charge on any atom is -0.423 e. The van der Waals surface area contributed by atoms with Crippen LogP contribution in [0.1, 0.15) is 58.4 Å². The molecule has 208 valence electrons. The molecule has 40 heavy (non-hydrogen) atoms. The molecular formula is C28H24BCl2F3N2O4. The van der Waals surface area contributed by atoms with Crippen molar-refractivity contribution in [3.05, 3.63) is 98.0 Å². The third kappa shape index (κ3) is 5.09. The molecule has 0 saturated heterocycles. The number of oxime groups is 1. The van der Waals surface area contributed by atoms with Crippen LogP contribution in [0.15, 0.2) is 59.8 Å². The van der Waals surface area contributed by atoms with E-state index < -0.39 is 30.9 Å². The summed E-state index contributed by atoms with van der Waals surface area (Å²) in [6, 6.07) is 13.8. The van der Waals surface area contributed by atoms with Gasteiger partial charge in [-0.25, -0.2) is 0 Å². The van der Waals surface area contributed by atoms with Crippen molar-refractivity contribution in [3.8, 4) is 0 Å². The maximum Gasteiger partial charge on any atom is 0.492 e. The Morgan fingerprint density at radius 3 is 2.45 bits per heavy atom. The van der Waals surface area contributed by atoms with Crippen molar-refractivity contribution < 1.29 is 32.5 Å². The van der Waals surface area contributed by atoms with Crippen LogP contribution in [-0.2, 0) is 27.2 Å². The summed E-state index contributed by atoms with van der Waals surface area (Å²) in [5.74, 6) is -0.345. The van der Waals surface area contributed by atoms with Gasteiger partial charge in [0.2, 0.25) is 0 Å². The number of aryl methyl sites for hydroxylation is 1. The molecule has 1 atom stereocenters. The van der Waals surface area contributed by atoms with Gasteiger partial charge >= 0.3 is 13.3 Å². The van der Waals surface area contributed by atoms with Crippen LogP contribution in [0.4, 0.5) is 13.2 Å². The van der Waals surface area contributed by atoms with Crippen LogP contribution in [0.25, 0.3) is 0 Å². The van der Waals surface area contributed by atoms with Gasteiger partial charge in [-0.2, -0.15) is 13.2 Å². The number of rotatable bonds is 5. The smallest absolute Gasteiger partial charge is 0.423 e. The van der Waals surface area contributed by atoms with Crippen LogP contribution in [0.3, 0.4) is 0 Å². The highest BCUT2D eigenvalue weighted by Gasteiger charge is 2.62. The van der Waals surface area contributed by atoms with Gasteiger partial charge in [-0.1, -0.05) is 52.6 Å². The van der Waals surface area contributed by atoms with E-state index in [9.17, 15) is 23.0 Å². The van der Waals surface area contributed by atoms with Crippen molar-refractivity contribution in [1.29, 1.82) is 0 Å². The molecule has 0 aliphatic carbocycles. The highest BCUT2D eigenvalue weighted by atomic mass is 35.5. The van der Waals surface area contributed by atoms with E-state index in [4.69, 9.17) is 32.7 Å². The molecule has 6 nitrogen and oxygen atoms in total. The molecule has 0 fully saturated rings. The van der Waals surface area contributed by atoms with Crippen molar-refractivity contribution in [1.82, 2.24) is 5.32 Å². The summed E-state index contributed by atoms with van der Waals surface area (Å²) >= 11 is 11.9. The quantitative estimate of drug-likeness (QED) is 0.370. The monoisotopic (exact) mass is 590 g/mol. The average molecular weight is 591 g/mol. The van der Waals surface area contributed by atoms with Gasteiger partial charge in [0.15, 0.2) is 0 Å². The van der Waals surface area contributed by atoms with E-state index in [2.05, 4.69) is 10.5 Å². The molecule has 0 aromatic heterocycles. The van der Waals surface area contributed by atoms with Crippen molar-refractivity contribution in [3.63, 3.8) is 0 Å². The predicted octanol–water partition coefficient (Wildman–Crippen LogP) is 5.77. The molecule has 5 rings (SSSR count). The fourth-order valence-corrected chi connectivity index (χ4v) is 5.60. The fourth-order valence-electron chi connectivity index (χ4n) is 5.08. The molecule has 2 N–H and O–H groups in total. The van der Waals surface area contributed by atoms with E-state index in [1.54, 1.807) is 31.2 Å². The topological polar surface area (TPSA) is 80.2 Å². The number of amides is 1. The number of nitrogens with one attached hydrogen (secondary N) is 1. The third-order valence-corrected chi connectivity index (χ3v) is 7.65. The summed E-state index contributed by atoms with van der Waals surface area (Å²) in [4.78, 5) is 18.0. The number of hydrogen-bond acceptors (Lipinski definition) is 5. The molecule has 2 aliphatic rings. The van der Waals surface area contributed by atoms with E-state index in [1.807, 2.05) is 19.9 Å². The Labute approximate surface area is 239 Å². The summed E-state index contributed by atoms with van der Waals surface area (Å²) in [6.45, 7) is 5.64. The number of carbonyl (C=O) groups excluding carboxylic acids is 1. The third-order valence-electron chi connectivity index (χ3n) is 7.21. The van der Waals surface area contributed by atoms with Crippen LogP contribution in [-0.4, -0.2) is 29.9 Å². The Bertz CT molecular complexity index is 1530. The van der Waals surface area contributed by atoms with Gasteiger partial charge in [0.05, 0.1) is 11.3 Å². The summed E-state index contributed by atoms with van der Waals surface area (Å²) in [7, 11) is -0.991. The van der Waals surface area contributed by atoms with Gasteiger partial charge < -0.3 is 19.8 Å². The Morgan fingerprint density at radius 1 is 1.10 bits per heavy atom. The molecule has 12 heteroatoms. The number of fused-ring (bicyclic) bond motifs is 1. The van der Waals surface area contributed by atoms with Gasteiger partial charge in [-0.15, -0.1) is 0 Å². The molecule has 0 bridgehead atoms. The van der Waals surface area contributed by atoms with Crippen molar-refractivity contribution in [2.24, 2.45) is 5.16 Å². The van der Waals surface area contributed by atoms with Crippen molar-refractivity contribution in [2.45, 2.75) is 51.1 Å². The molecule has 2 aliphatic heterocycles. The number of carbonyl (C=O) groups is 1. The fraction of sp³-hybridized carbons (Fsp3) is 0.286. The first-order valence-electron chi connectivity index (χ1n) is 12.4. The van der Waals surface area contributed by atoms with Gasteiger partial charge in [0, 0.05) is 34.1 Å². The maximum absolute atomic E-state index is 14.3. The molecule has 1 unspecified atom stereocenters. The van der Waals surface area contributed by atoms with E-state index in [0.29, 0.717) is 22.2 Å². The zero-order valence-electron chi connectivity index (χ0n) is 21.7. The first-order chi connectivity index (χ1) is 18.7. The second-order valence-corrected chi connectivity index (χ2v) is 11.3. The molecule has 1 amide bonds. The lowest BCUT2D eigenvalue weighted by Crippen LogP contribution is -2.42. The van der Waals surface area contributed by atoms with Gasteiger partial charge in [-0.3, -0.25) is 4.79 Å².